The van der Waals surface area contributed by atoms with Gasteiger partial charge in [-0.05, 0) is 38.7 Å². The molecule has 1 aliphatic carbocycles. The summed E-state index contributed by atoms with van der Waals surface area (Å²) in [5.74, 6) is -0.630. The van der Waals surface area contributed by atoms with E-state index >= 15 is 0 Å². The van der Waals surface area contributed by atoms with E-state index in [9.17, 15) is 14.2 Å². The van der Waals surface area contributed by atoms with Crippen molar-refractivity contribution >= 4 is 24.8 Å². The molecule has 2 amide bonds. The summed E-state index contributed by atoms with van der Waals surface area (Å²) in [6.07, 6.45) is 5.49. The lowest BCUT2D eigenvalue weighted by molar-refractivity contribution is 0.0548. The van der Waals surface area contributed by atoms with Crippen LogP contribution in [0.15, 0.2) is 24.3 Å². The molecule has 0 bridgehead atoms. The topological polar surface area (TPSA) is 77.8 Å². The van der Waals surface area contributed by atoms with Crippen molar-refractivity contribution in [1.29, 1.82) is 0 Å². The van der Waals surface area contributed by atoms with E-state index < -0.39 is 7.60 Å². The second-order valence-corrected chi connectivity index (χ2v) is 10.5. The third-order valence-corrected chi connectivity index (χ3v) is 8.96. The van der Waals surface area contributed by atoms with Crippen LogP contribution in [0.1, 0.15) is 72.2 Å². The normalized spacial score (nSPS) is 18.6. The highest BCUT2D eigenvalue weighted by molar-refractivity contribution is 7.62. The molecule has 1 fully saturated rings. The maximum atomic E-state index is 14.0. The minimum Gasteiger partial charge on any atom is -0.333 e. The SMILES string of the molecule is CCOP(=O)(OCC)c1c2c(c3n1CCc1ccccc1-3)C(=O)N(C1CCCCC1)C2=O. The van der Waals surface area contributed by atoms with Gasteiger partial charge in [-0.25, -0.2) is 0 Å². The molecule has 0 atom stereocenters. The molecule has 0 unspecified atom stereocenters. The molecule has 0 radical (unpaired) electrons. The van der Waals surface area contributed by atoms with E-state index in [1.54, 1.807) is 13.8 Å². The van der Waals surface area contributed by atoms with Crippen LogP contribution < -0.4 is 5.44 Å². The van der Waals surface area contributed by atoms with Crippen LogP contribution in [0, 0.1) is 0 Å². The fourth-order valence-corrected chi connectivity index (χ4v) is 7.48. The molecule has 3 aliphatic rings. The summed E-state index contributed by atoms with van der Waals surface area (Å²) in [6.45, 7) is 4.38. The molecule has 8 heteroatoms. The number of benzene rings is 1. The Kier molecular flexibility index (Phi) is 5.60. The van der Waals surface area contributed by atoms with E-state index in [-0.39, 0.29) is 42.1 Å². The maximum absolute atomic E-state index is 14.0. The van der Waals surface area contributed by atoms with Gasteiger partial charge in [0.05, 0.1) is 30.0 Å². The van der Waals surface area contributed by atoms with Gasteiger partial charge in [0, 0.05) is 18.2 Å². The van der Waals surface area contributed by atoms with E-state index in [2.05, 4.69) is 0 Å². The average Bonchev–Trinajstić information content (AvgIpc) is 3.28. The van der Waals surface area contributed by atoms with E-state index in [1.165, 1.54) is 4.90 Å². The fraction of sp³-hybridized carbons (Fsp3) is 0.500. The number of carbonyl (C=O) groups excluding carboxylic acids is 2. The molecule has 0 N–H and O–H groups in total. The Morgan fingerprint density at radius 3 is 2.31 bits per heavy atom. The van der Waals surface area contributed by atoms with Gasteiger partial charge in [0.1, 0.15) is 5.44 Å². The van der Waals surface area contributed by atoms with E-state index in [1.807, 2.05) is 28.8 Å². The predicted octanol–water partition coefficient (Wildman–Crippen LogP) is 4.53. The van der Waals surface area contributed by atoms with E-state index in [0.717, 1.165) is 49.7 Å². The van der Waals surface area contributed by atoms with Crippen molar-refractivity contribution in [3.63, 3.8) is 0 Å². The van der Waals surface area contributed by atoms with Gasteiger partial charge in [-0.2, -0.15) is 0 Å². The zero-order valence-corrected chi connectivity index (χ0v) is 19.5. The van der Waals surface area contributed by atoms with Crippen molar-refractivity contribution in [3.8, 4) is 11.3 Å². The van der Waals surface area contributed by atoms with Crippen LogP contribution in [0.25, 0.3) is 11.3 Å². The number of fused-ring (bicyclic) bond motifs is 5. The number of aromatic nitrogens is 1. The van der Waals surface area contributed by atoms with Crippen molar-refractivity contribution in [3.05, 3.63) is 41.0 Å². The quantitative estimate of drug-likeness (QED) is 0.471. The van der Waals surface area contributed by atoms with Crippen LogP contribution in [0.3, 0.4) is 0 Å². The lowest BCUT2D eigenvalue weighted by Crippen LogP contribution is -2.42. The summed E-state index contributed by atoms with van der Waals surface area (Å²) < 4.78 is 27.2. The second kappa shape index (κ2) is 8.29. The number of amides is 2. The van der Waals surface area contributed by atoms with Gasteiger partial charge in [0.25, 0.3) is 11.8 Å². The van der Waals surface area contributed by atoms with Crippen LogP contribution in [0.2, 0.25) is 0 Å². The number of hydrogen-bond acceptors (Lipinski definition) is 5. The summed E-state index contributed by atoms with van der Waals surface area (Å²) >= 11 is 0. The standard InChI is InChI=1S/C24H29N2O5P/c1-3-30-32(29,31-4-2)24-20-19(21-18-13-9-8-10-16(18)14-15-25(21)24)22(27)26(23(20)28)17-11-6-5-7-12-17/h8-10,13,17H,3-7,11-12,14-15H2,1-2H3. The molecule has 2 aromatic rings. The van der Waals surface area contributed by atoms with Gasteiger partial charge in [-0.15, -0.1) is 0 Å². The minimum atomic E-state index is -3.80. The Hall–Kier alpha value is -2.21. The van der Waals surface area contributed by atoms with Crippen LogP contribution in [-0.2, 0) is 26.6 Å². The van der Waals surface area contributed by atoms with E-state index in [4.69, 9.17) is 9.05 Å². The lowest BCUT2D eigenvalue weighted by Gasteiger charge is -2.31. The van der Waals surface area contributed by atoms with Crippen molar-refractivity contribution in [2.45, 2.75) is 65.0 Å². The van der Waals surface area contributed by atoms with Crippen LogP contribution in [0.5, 0.6) is 0 Å². The number of rotatable bonds is 6. The highest BCUT2D eigenvalue weighted by Gasteiger charge is 2.51. The smallest absolute Gasteiger partial charge is 0.333 e. The molecule has 0 saturated heterocycles. The molecule has 1 aromatic carbocycles. The third kappa shape index (κ3) is 3.13. The Morgan fingerprint density at radius 1 is 0.969 bits per heavy atom. The fourth-order valence-electron chi connectivity index (χ4n) is 5.50. The Bertz CT molecular complexity index is 1120. The third-order valence-electron chi connectivity index (χ3n) is 6.78. The highest BCUT2D eigenvalue weighted by Crippen LogP contribution is 2.52. The van der Waals surface area contributed by atoms with Gasteiger partial charge in [0.2, 0.25) is 0 Å². The molecule has 32 heavy (non-hydrogen) atoms. The van der Waals surface area contributed by atoms with Crippen molar-refractivity contribution in [2.75, 3.05) is 13.2 Å². The monoisotopic (exact) mass is 456 g/mol. The van der Waals surface area contributed by atoms with Gasteiger partial charge < -0.3 is 13.6 Å². The lowest BCUT2D eigenvalue weighted by atomic mass is 9.94. The summed E-state index contributed by atoms with van der Waals surface area (Å²) in [6, 6.07) is 7.81. The molecule has 170 valence electrons. The molecule has 1 aromatic heterocycles. The molecule has 1 saturated carbocycles. The maximum Gasteiger partial charge on any atom is 0.378 e. The zero-order valence-electron chi connectivity index (χ0n) is 18.6. The van der Waals surface area contributed by atoms with Gasteiger partial charge in [0.15, 0.2) is 0 Å². The Labute approximate surface area is 188 Å². The number of carbonyl (C=O) groups is 2. The molecule has 0 spiro atoms. The summed E-state index contributed by atoms with van der Waals surface area (Å²) in [5, 5.41) is 0. The van der Waals surface area contributed by atoms with Crippen LogP contribution >= 0.6 is 7.60 Å². The molecular formula is C24H29N2O5P. The second-order valence-electron chi connectivity index (χ2n) is 8.59. The molecule has 7 nitrogen and oxygen atoms in total. The van der Waals surface area contributed by atoms with Crippen molar-refractivity contribution in [1.82, 2.24) is 9.47 Å². The first-order valence-corrected chi connectivity index (χ1v) is 13.2. The zero-order chi connectivity index (χ0) is 22.5. The largest absolute Gasteiger partial charge is 0.378 e. The average molecular weight is 456 g/mol. The Morgan fingerprint density at radius 2 is 1.62 bits per heavy atom. The Balaban J connectivity index is 1.76. The first-order chi connectivity index (χ1) is 15.5. The summed E-state index contributed by atoms with van der Waals surface area (Å²) in [7, 11) is -3.80. The van der Waals surface area contributed by atoms with Gasteiger partial charge in [-0.3, -0.25) is 19.1 Å². The number of hydrogen-bond donors (Lipinski definition) is 0. The number of nitrogens with zero attached hydrogens (tertiary/aromatic N) is 2. The molecule has 3 heterocycles. The van der Waals surface area contributed by atoms with Crippen molar-refractivity contribution < 1.29 is 23.2 Å². The molecular weight excluding hydrogens is 427 g/mol. The molecule has 5 rings (SSSR count). The highest BCUT2D eigenvalue weighted by atomic mass is 31.2. The predicted molar refractivity (Wildman–Crippen MR) is 121 cm³/mol. The van der Waals surface area contributed by atoms with Gasteiger partial charge >= 0.3 is 7.60 Å². The number of imide groups is 1. The van der Waals surface area contributed by atoms with Crippen LogP contribution in [-0.4, -0.2) is 40.5 Å². The number of aryl methyl sites for hydroxylation is 1. The van der Waals surface area contributed by atoms with E-state index in [0.29, 0.717) is 17.8 Å². The minimum absolute atomic E-state index is 0.109. The summed E-state index contributed by atoms with van der Waals surface area (Å²) in [5.41, 5.74) is 3.53. The molecule has 2 aliphatic heterocycles. The first-order valence-electron chi connectivity index (χ1n) is 11.6. The van der Waals surface area contributed by atoms with Crippen LogP contribution in [0.4, 0.5) is 0 Å². The first kappa shape index (κ1) is 21.6. The summed E-state index contributed by atoms with van der Waals surface area (Å²) in [4.78, 5) is 29.0. The van der Waals surface area contributed by atoms with Crippen molar-refractivity contribution in [2.24, 2.45) is 0 Å². The van der Waals surface area contributed by atoms with Gasteiger partial charge in [-0.1, -0.05) is 43.5 Å².